The van der Waals surface area contributed by atoms with Gasteiger partial charge in [-0.25, -0.2) is 9.37 Å². The van der Waals surface area contributed by atoms with Crippen LogP contribution in [0.3, 0.4) is 0 Å². The number of hydrogen-bond donors (Lipinski definition) is 4. The van der Waals surface area contributed by atoms with E-state index in [1.54, 1.807) is 25.1 Å². The number of hydrogen-bond acceptors (Lipinski definition) is 6. The Balaban J connectivity index is 1.61. The summed E-state index contributed by atoms with van der Waals surface area (Å²) in [5, 5.41) is 16.9. The minimum atomic E-state index is -0.540. The Morgan fingerprint density at radius 2 is 2.09 bits per heavy atom. The zero-order chi connectivity index (χ0) is 22.7. The number of aromatic nitrogens is 1. The summed E-state index contributed by atoms with van der Waals surface area (Å²) in [6.45, 7) is 3.02. The first-order chi connectivity index (χ1) is 15.5. The molecule has 0 spiro atoms. The fourth-order valence-electron chi connectivity index (χ4n) is 5.04. The Labute approximate surface area is 188 Å². The number of halogens is 1. The number of pyridine rings is 1. The van der Waals surface area contributed by atoms with Crippen molar-refractivity contribution in [1.82, 2.24) is 15.6 Å². The molecule has 7 nitrogen and oxygen atoms in total. The zero-order valence-corrected chi connectivity index (χ0v) is 18.7. The highest BCUT2D eigenvalue weighted by atomic mass is 19.1. The fourth-order valence-corrected chi connectivity index (χ4v) is 5.04. The number of rotatable bonds is 6. The van der Waals surface area contributed by atoms with Crippen molar-refractivity contribution in [2.24, 2.45) is 11.7 Å². The van der Waals surface area contributed by atoms with Gasteiger partial charge in [-0.15, -0.1) is 0 Å². The van der Waals surface area contributed by atoms with Gasteiger partial charge in [0.1, 0.15) is 11.6 Å². The highest BCUT2D eigenvalue weighted by Crippen LogP contribution is 2.30. The Hall–Kier alpha value is -2.29. The van der Waals surface area contributed by atoms with Crippen molar-refractivity contribution in [3.63, 3.8) is 0 Å². The van der Waals surface area contributed by atoms with Crippen LogP contribution < -0.4 is 21.3 Å². The molecule has 1 aromatic carbocycles. The lowest BCUT2D eigenvalue weighted by Crippen LogP contribution is -2.54. The van der Waals surface area contributed by atoms with Crippen LogP contribution in [0.15, 0.2) is 24.3 Å². The van der Waals surface area contributed by atoms with Crippen molar-refractivity contribution in [1.29, 1.82) is 0 Å². The summed E-state index contributed by atoms with van der Waals surface area (Å²) in [5.41, 5.74) is 6.57. The average molecular weight is 444 g/mol. The molecule has 1 saturated carbocycles. The van der Waals surface area contributed by atoms with E-state index in [4.69, 9.17) is 5.73 Å². The predicted octanol–water partition coefficient (Wildman–Crippen LogP) is 2.52. The molecule has 8 heteroatoms. The average Bonchev–Trinajstić information content (AvgIpc) is 2.79. The van der Waals surface area contributed by atoms with Crippen LogP contribution in [0.5, 0.6) is 0 Å². The van der Waals surface area contributed by atoms with Gasteiger partial charge in [0.15, 0.2) is 0 Å². The summed E-state index contributed by atoms with van der Waals surface area (Å²) < 4.78 is 14.4. The number of aliphatic hydroxyl groups excluding tert-OH is 1. The van der Waals surface area contributed by atoms with Crippen LogP contribution in [0.4, 0.5) is 10.2 Å². The van der Waals surface area contributed by atoms with Crippen LogP contribution >= 0.6 is 0 Å². The van der Waals surface area contributed by atoms with Gasteiger partial charge in [-0.2, -0.15) is 0 Å². The van der Waals surface area contributed by atoms with Crippen molar-refractivity contribution in [2.45, 2.75) is 63.7 Å². The highest BCUT2D eigenvalue weighted by Gasteiger charge is 2.33. The predicted molar refractivity (Wildman–Crippen MR) is 124 cm³/mol. The van der Waals surface area contributed by atoms with Crippen molar-refractivity contribution in [3.05, 3.63) is 35.6 Å². The third kappa shape index (κ3) is 5.03. The quantitative estimate of drug-likeness (QED) is 0.512. The van der Waals surface area contributed by atoms with Gasteiger partial charge >= 0.3 is 0 Å². The Kier molecular flexibility index (Phi) is 7.23. The van der Waals surface area contributed by atoms with E-state index in [1.807, 2.05) is 4.90 Å². The van der Waals surface area contributed by atoms with Gasteiger partial charge in [0.25, 0.3) is 5.91 Å². The second kappa shape index (κ2) is 10.1. The maximum absolute atomic E-state index is 14.4. The molecule has 1 aliphatic heterocycles. The summed E-state index contributed by atoms with van der Waals surface area (Å²) in [7, 11) is 0. The molecule has 32 heavy (non-hydrogen) atoms. The standard InChI is InChI=1S/C24H34FN5O2/c1-15(26)27-24(32)19-12-18-20(25)8-5-9-22(18)29-23(19)30-11-10-21(16(13-30)14-31)28-17-6-3-2-4-7-17/h5,8-9,12,15-17,21,28,31H,2-4,6-7,10-11,13-14,26H2,1H3,(H,27,32). The zero-order valence-electron chi connectivity index (χ0n) is 18.7. The molecule has 0 bridgehead atoms. The normalized spacial score (nSPS) is 23.3. The molecule has 2 heterocycles. The molecular weight excluding hydrogens is 409 g/mol. The second-order valence-corrected chi connectivity index (χ2v) is 9.21. The second-order valence-electron chi connectivity index (χ2n) is 9.21. The molecule has 1 amide bonds. The molecular formula is C24H34FN5O2. The van der Waals surface area contributed by atoms with Crippen LogP contribution in [-0.4, -0.2) is 53.9 Å². The number of amides is 1. The number of piperidine rings is 1. The first-order valence-electron chi connectivity index (χ1n) is 11.7. The summed E-state index contributed by atoms with van der Waals surface area (Å²) in [5.74, 6) is -0.258. The van der Waals surface area contributed by atoms with Gasteiger partial charge in [-0.1, -0.05) is 25.3 Å². The third-order valence-corrected chi connectivity index (χ3v) is 6.71. The fraction of sp³-hybridized carbons (Fsp3) is 0.583. The van der Waals surface area contributed by atoms with Crippen LogP contribution in [0.2, 0.25) is 0 Å². The van der Waals surface area contributed by atoms with Crippen molar-refractivity contribution in [2.75, 3.05) is 24.6 Å². The number of nitrogens with one attached hydrogen (secondary N) is 2. The largest absolute Gasteiger partial charge is 0.396 e. The van der Waals surface area contributed by atoms with E-state index in [-0.39, 0.29) is 24.5 Å². The Bertz CT molecular complexity index is 947. The molecule has 1 aromatic heterocycles. The summed E-state index contributed by atoms with van der Waals surface area (Å²) in [4.78, 5) is 19.6. The lowest BCUT2D eigenvalue weighted by molar-refractivity contribution is 0.0941. The van der Waals surface area contributed by atoms with E-state index in [2.05, 4.69) is 15.6 Å². The van der Waals surface area contributed by atoms with E-state index in [1.165, 1.54) is 38.2 Å². The molecule has 4 rings (SSSR count). The molecule has 174 valence electrons. The number of carbonyl (C=O) groups is 1. The number of fused-ring (bicyclic) bond motifs is 1. The first-order valence-corrected chi connectivity index (χ1v) is 11.7. The van der Waals surface area contributed by atoms with Gasteiger partial charge in [-0.05, 0) is 44.4 Å². The van der Waals surface area contributed by atoms with Gasteiger partial charge in [0, 0.05) is 43.1 Å². The van der Waals surface area contributed by atoms with E-state index in [0.29, 0.717) is 41.4 Å². The first kappa shape index (κ1) is 22.9. The van der Waals surface area contributed by atoms with E-state index < -0.39 is 12.0 Å². The minimum absolute atomic E-state index is 0.0278. The van der Waals surface area contributed by atoms with Gasteiger partial charge < -0.3 is 26.4 Å². The molecule has 0 radical (unpaired) electrons. The molecule has 1 aliphatic carbocycles. The molecule has 5 N–H and O–H groups in total. The summed E-state index contributed by atoms with van der Waals surface area (Å²) in [6, 6.07) is 7.04. The smallest absolute Gasteiger partial charge is 0.256 e. The maximum Gasteiger partial charge on any atom is 0.256 e. The lowest BCUT2D eigenvalue weighted by atomic mass is 9.89. The lowest BCUT2D eigenvalue weighted by Gasteiger charge is -2.41. The number of carbonyl (C=O) groups excluding carboxylic acids is 1. The monoisotopic (exact) mass is 443 g/mol. The number of nitrogens with two attached hydrogens (primary N) is 1. The van der Waals surface area contributed by atoms with Crippen molar-refractivity contribution in [3.8, 4) is 0 Å². The maximum atomic E-state index is 14.4. The Morgan fingerprint density at radius 3 is 2.81 bits per heavy atom. The Morgan fingerprint density at radius 1 is 1.31 bits per heavy atom. The van der Waals surface area contributed by atoms with Gasteiger partial charge in [0.2, 0.25) is 0 Å². The number of aliphatic hydroxyl groups is 1. The molecule has 3 atom stereocenters. The van der Waals surface area contributed by atoms with E-state index >= 15 is 0 Å². The summed E-state index contributed by atoms with van der Waals surface area (Å²) in [6.07, 6.45) is 6.52. The van der Waals surface area contributed by atoms with Gasteiger partial charge in [-0.3, -0.25) is 4.79 Å². The molecule has 2 aromatic rings. The SMILES string of the molecule is CC(N)NC(=O)c1cc2c(F)cccc2nc1N1CCC(NC2CCCCC2)C(CO)C1. The van der Waals surface area contributed by atoms with Crippen molar-refractivity contribution >= 4 is 22.6 Å². The molecule has 1 saturated heterocycles. The minimum Gasteiger partial charge on any atom is -0.396 e. The van der Waals surface area contributed by atoms with Crippen LogP contribution in [-0.2, 0) is 0 Å². The molecule has 2 aliphatic rings. The molecule has 3 unspecified atom stereocenters. The van der Waals surface area contributed by atoms with Crippen LogP contribution in [0.1, 0.15) is 55.8 Å². The van der Waals surface area contributed by atoms with E-state index in [0.717, 1.165) is 6.42 Å². The molecule has 2 fully saturated rings. The van der Waals surface area contributed by atoms with E-state index in [9.17, 15) is 14.3 Å². The highest BCUT2D eigenvalue weighted by molar-refractivity contribution is 6.02. The van der Waals surface area contributed by atoms with Crippen LogP contribution in [0, 0.1) is 11.7 Å². The van der Waals surface area contributed by atoms with Crippen LogP contribution in [0.25, 0.3) is 10.9 Å². The van der Waals surface area contributed by atoms with Crippen molar-refractivity contribution < 1.29 is 14.3 Å². The number of anilines is 1. The number of nitrogens with zero attached hydrogens (tertiary/aromatic N) is 2. The van der Waals surface area contributed by atoms with Gasteiger partial charge in [0.05, 0.1) is 17.2 Å². The number of benzene rings is 1. The topological polar surface area (TPSA) is 104 Å². The third-order valence-electron chi connectivity index (χ3n) is 6.71. The summed E-state index contributed by atoms with van der Waals surface area (Å²) >= 11 is 0.